The summed E-state index contributed by atoms with van der Waals surface area (Å²) in [5, 5.41) is 10.4. The first-order valence-corrected chi connectivity index (χ1v) is 8.48. The van der Waals surface area contributed by atoms with Crippen molar-refractivity contribution in [3.63, 3.8) is 0 Å². The minimum Gasteiger partial charge on any atom is -0.396 e. The first-order valence-electron chi connectivity index (χ1n) is 7.71. The van der Waals surface area contributed by atoms with Crippen LogP contribution in [0.3, 0.4) is 0 Å². The number of aliphatic hydroxyl groups is 1. The number of anilines is 1. The molecule has 0 amide bonds. The van der Waals surface area contributed by atoms with E-state index < -0.39 is 11.6 Å². The molecule has 1 aliphatic heterocycles. The van der Waals surface area contributed by atoms with E-state index in [4.69, 9.17) is 0 Å². The number of aliphatic hydroxyl groups excluding tert-OH is 1. The van der Waals surface area contributed by atoms with E-state index in [0.29, 0.717) is 11.4 Å². The molecule has 7 heteroatoms. The highest BCUT2D eigenvalue weighted by Crippen LogP contribution is 2.36. The third-order valence-corrected chi connectivity index (χ3v) is 5.33. The average molecular weight is 339 g/mol. The number of aromatic nitrogens is 2. The monoisotopic (exact) mass is 339 g/mol. The fourth-order valence-corrected chi connectivity index (χ4v) is 3.76. The average Bonchev–Trinajstić information content (AvgIpc) is 3.04. The Morgan fingerprint density at radius 2 is 2.04 bits per heavy atom. The van der Waals surface area contributed by atoms with Gasteiger partial charge in [-0.3, -0.25) is 0 Å². The first kappa shape index (κ1) is 16.3. The minimum atomic E-state index is -0.639. The van der Waals surface area contributed by atoms with Gasteiger partial charge in [-0.25, -0.2) is 8.78 Å². The maximum Gasteiger partial charge on any atom is 0.205 e. The van der Waals surface area contributed by atoms with Gasteiger partial charge in [-0.15, -0.1) is 0 Å². The highest BCUT2D eigenvalue weighted by atomic mass is 32.1. The second kappa shape index (κ2) is 6.49. The number of rotatable bonds is 4. The second-order valence-corrected chi connectivity index (χ2v) is 6.83. The molecule has 4 nitrogen and oxygen atoms in total. The van der Waals surface area contributed by atoms with E-state index in [9.17, 15) is 13.9 Å². The lowest BCUT2D eigenvalue weighted by molar-refractivity contribution is 0.101. The van der Waals surface area contributed by atoms with Crippen LogP contribution in [0.5, 0.6) is 0 Å². The fraction of sp³-hybridized carbons (Fsp3) is 0.500. The van der Waals surface area contributed by atoms with E-state index in [2.05, 4.69) is 21.2 Å². The van der Waals surface area contributed by atoms with Gasteiger partial charge in [0.2, 0.25) is 5.13 Å². The molecule has 1 unspecified atom stereocenters. The van der Waals surface area contributed by atoms with Crippen molar-refractivity contribution in [3.05, 3.63) is 29.8 Å². The zero-order chi connectivity index (χ0) is 16.4. The Bertz CT molecular complexity index is 667. The quantitative estimate of drug-likeness (QED) is 0.927. The van der Waals surface area contributed by atoms with Crippen LogP contribution in [0.25, 0.3) is 11.4 Å². The van der Waals surface area contributed by atoms with Crippen molar-refractivity contribution < 1.29 is 13.9 Å². The van der Waals surface area contributed by atoms with Crippen LogP contribution < -0.4 is 4.90 Å². The van der Waals surface area contributed by atoms with Crippen molar-refractivity contribution in [1.29, 1.82) is 0 Å². The SMILES string of the molecule is CCC1(CO)CCCN(c2nc(-c3cc(F)cc(F)c3)ns2)C1. The van der Waals surface area contributed by atoms with E-state index in [1.807, 2.05) is 0 Å². The molecule has 3 rings (SSSR count). The molecule has 23 heavy (non-hydrogen) atoms. The molecule has 1 N–H and O–H groups in total. The second-order valence-electron chi connectivity index (χ2n) is 6.10. The first-order chi connectivity index (χ1) is 11.0. The molecule has 1 fully saturated rings. The normalized spacial score (nSPS) is 21.7. The van der Waals surface area contributed by atoms with Gasteiger partial charge >= 0.3 is 0 Å². The van der Waals surface area contributed by atoms with E-state index in [1.54, 1.807) is 0 Å². The van der Waals surface area contributed by atoms with E-state index >= 15 is 0 Å². The van der Waals surface area contributed by atoms with Gasteiger partial charge in [0, 0.05) is 41.7 Å². The summed E-state index contributed by atoms with van der Waals surface area (Å²) in [7, 11) is 0. The van der Waals surface area contributed by atoms with Gasteiger partial charge in [0.15, 0.2) is 5.82 Å². The molecule has 2 heterocycles. The Kier molecular flexibility index (Phi) is 4.59. The summed E-state index contributed by atoms with van der Waals surface area (Å²) in [6.45, 7) is 3.82. The van der Waals surface area contributed by atoms with Crippen LogP contribution in [-0.4, -0.2) is 34.2 Å². The van der Waals surface area contributed by atoms with Crippen LogP contribution in [0, 0.1) is 17.0 Å². The topological polar surface area (TPSA) is 49.2 Å². The number of hydrogen-bond donors (Lipinski definition) is 1. The molecule has 0 spiro atoms. The van der Waals surface area contributed by atoms with Gasteiger partial charge in [0.25, 0.3) is 0 Å². The van der Waals surface area contributed by atoms with Crippen LogP contribution in [0.1, 0.15) is 26.2 Å². The summed E-state index contributed by atoms with van der Waals surface area (Å²) in [4.78, 5) is 6.55. The predicted molar refractivity (Wildman–Crippen MR) is 86.5 cm³/mol. The Labute approximate surface area is 138 Å². The summed E-state index contributed by atoms with van der Waals surface area (Å²) >= 11 is 1.22. The van der Waals surface area contributed by atoms with Gasteiger partial charge in [-0.1, -0.05) is 6.92 Å². The highest BCUT2D eigenvalue weighted by Gasteiger charge is 2.34. The van der Waals surface area contributed by atoms with E-state index in [-0.39, 0.29) is 12.0 Å². The van der Waals surface area contributed by atoms with Crippen LogP contribution in [0.2, 0.25) is 0 Å². The summed E-state index contributed by atoms with van der Waals surface area (Å²) in [5.74, 6) is -0.945. The molecule has 0 radical (unpaired) electrons. The van der Waals surface area contributed by atoms with Gasteiger partial charge in [0.1, 0.15) is 11.6 Å². The summed E-state index contributed by atoms with van der Waals surface area (Å²) in [5.41, 5.74) is 0.237. The third-order valence-electron chi connectivity index (χ3n) is 4.55. The Hall–Kier alpha value is -1.60. The van der Waals surface area contributed by atoms with Crippen LogP contribution in [-0.2, 0) is 0 Å². The van der Waals surface area contributed by atoms with Crippen LogP contribution >= 0.6 is 11.5 Å². The lowest BCUT2D eigenvalue weighted by Gasteiger charge is -2.41. The minimum absolute atomic E-state index is 0.102. The largest absolute Gasteiger partial charge is 0.396 e. The zero-order valence-electron chi connectivity index (χ0n) is 12.9. The van der Waals surface area contributed by atoms with Gasteiger partial charge in [0.05, 0.1) is 6.61 Å². The van der Waals surface area contributed by atoms with Gasteiger partial charge < -0.3 is 10.0 Å². The van der Waals surface area contributed by atoms with Crippen molar-refractivity contribution in [3.8, 4) is 11.4 Å². The molecular weight excluding hydrogens is 320 g/mol. The van der Waals surface area contributed by atoms with Crippen molar-refractivity contribution in [2.24, 2.45) is 5.41 Å². The molecule has 0 saturated carbocycles. The maximum absolute atomic E-state index is 13.3. The number of halogens is 2. The van der Waals surface area contributed by atoms with Crippen LogP contribution in [0.4, 0.5) is 13.9 Å². The number of hydrogen-bond acceptors (Lipinski definition) is 5. The molecule has 0 bridgehead atoms. The number of piperidine rings is 1. The van der Waals surface area contributed by atoms with Crippen molar-refractivity contribution in [1.82, 2.24) is 9.36 Å². The molecule has 1 aromatic carbocycles. The predicted octanol–water partition coefficient (Wildman–Crippen LogP) is 3.47. The highest BCUT2D eigenvalue weighted by molar-refractivity contribution is 7.09. The Morgan fingerprint density at radius 3 is 2.70 bits per heavy atom. The molecule has 124 valence electrons. The Balaban J connectivity index is 1.84. The van der Waals surface area contributed by atoms with Gasteiger partial charge in [-0.2, -0.15) is 9.36 Å². The van der Waals surface area contributed by atoms with E-state index in [1.165, 1.54) is 23.7 Å². The maximum atomic E-state index is 13.3. The molecule has 1 atom stereocenters. The molecule has 2 aromatic rings. The standard InChI is InChI=1S/C16H19F2N3OS/c1-2-16(10-22)4-3-5-21(9-16)15-19-14(20-23-15)11-6-12(17)8-13(18)7-11/h6-8,22H,2-5,9-10H2,1H3. The summed E-state index contributed by atoms with van der Waals surface area (Å²) in [6.07, 6.45) is 2.88. The van der Waals surface area contributed by atoms with Crippen molar-refractivity contribution in [2.45, 2.75) is 26.2 Å². The summed E-state index contributed by atoms with van der Waals surface area (Å²) in [6, 6.07) is 3.29. The molecule has 1 saturated heterocycles. The molecular formula is C16H19F2N3OS. The molecule has 0 aliphatic carbocycles. The molecule has 1 aromatic heterocycles. The number of nitrogens with zero attached hydrogens (tertiary/aromatic N) is 3. The summed E-state index contributed by atoms with van der Waals surface area (Å²) < 4.78 is 30.9. The lowest BCUT2D eigenvalue weighted by Crippen LogP contribution is -2.45. The molecule has 1 aliphatic rings. The van der Waals surface area contributed by atoms with Crippen LogP contribution in [0.15, 0.2) is 18.2 Å². The number of benzene rings is 1. The lowest BCUT2D eigenvalue weighted by atomic mass is 9.78. The van der Waals surface area contributed by atoms with Crippen molar-refractivity contribution in [2.75, 3.05) is 24.6 Å². The smallest absolute Gasteiger partial charge is 0.205 e. The fourth-order valence-electron chi connectivity index (χ4n) is 3.04. The zero-order valence-corrected chi connectivity index (χ0v) is 13.7. The van der Waals surface area contributed by atoms with Gasteiger partial charge in [-0.05, 0) is 31.4 Å². The Morgan fingerprint density at radius 1 is 1.30 bits per heavy atom. The third kappa shape index (κ3) is 3.35. The van der Waals surface area contributed by atoms with Crippen molar-refractivity contribution >= 4 is 16.7 Å². The van der Waals surface area contributed by atoms with E-state index in [0.717, 1.165) is 43.5 Å².